The number of hydrogen-bond acceptors (Lipinski definition) is 7. The molecule has 0 aliphatic carbocycles. The van der Waals surface area contributed by atoms with Crippen molar-refractivity contribution >= 4 is 5.69 Å². The molecule has 0 bridgehead atoms. The molecule has 3 heterocycles. The molecule has 128 valence electrons. The fourth-order valence-corrected chi connectivity index (χ4v) is 3.13. The van der Waals surface area contributed by atoms with Crippen LogP contribution in [0.25, 0.3) is 11.5 Å². The van der Waals surface area contributed by atoms with Crippen molar-refractivity contribution in [1.82, 2.24) is 10.1 Å². The average Bonchev–Trinajstić information content (AvgIpc) is 3.33. The molecule has 2 aromatic rings. The molecular weight excluding hydrogens is 310 g/mol. The van der Waals surface area contributed by atoms with Crippen molar-refractivity contribution in [2.45, 2.75) is 12.3 Å². The van der Waals surface area contributed by atoms with Crippen LogP contribution in [0.5, 0.6) is 5.75 Å². The zero-order chi connectivity index (χ0) is 16.4. The van der Waals surface area contributed by atoms with Crippen LogP contribution < -0.4 is 9.64 Å². The second kappa shape index (κ2) is 6.78. The lowest BCUT2D eigenvalue weighted by Gasteiger charge is -2.30. The smallest absolute Gasteiger partial charge is 0.258 e. The number of rotatable bonds is 4. The molecule has 2 aliphatic heterocycles. The fourth-order valence-electron chi connectivity index (χ4n) is 3.13. The molecule has 24 heavy (non-hydrogen) atoms. The first-order valence-electron chi connectivity index (χ1n) is 8.27. The molecule has 2 saturated heterocycles. The summed E-state index contributed by atoms with van der Waals surface area (Å²) in [5.41, 5.74) is 1.93. The third-order valence-corrected chi connectivity index (χ3v) is 4.51. The molecule has 2 fully saturated rings. The molecule has 0 N–H and O–H groups in total. The number of benzene rings is 1. The Balaban J connectivity index is 1.63. The van der Waals surface area contributed by atoms with Crippen LogP contribution >= 0.6 is 0 Å². The first-order chi connectivity index (χ1) is 11.8. The number of aromatic nitrogens is 2. The van der Waals surface area contributed by atoms with Crippen molar-refractivity contribution in [3.63, 3.8) is 0 Å². The van der Waals surface area contributed by atoms with Crippen LogP contribution in [0.4, 0.5) is 5.69 Å². The van der Waals surface area contributed by atoms with E-state index in [0.717, 1.165) is 62.2 Å². The Morgan fingerprint density at radius 1 is 1.17 bits per heavy atom. The van der Waals surface area contributed by atoms with E-state index in [1.807, 2.05) is 18.2 Å². The summed E-state index contributed by atoms with van der Waals surface area (Å²) in [6.45, 7) is 4.56. The summed E-state index contributed by atoms with van der Waals surface area (Å²) in [7, 11) is 1.68. The van der Waals surface area contributed by atoms with Crippen molar-refractivity contribution < 1.29 is 18.7 Å². The van der Waals surface area contributed by atoms with E-state index >= 15 is 0 Å². The molecule has 7 nitrogen and oxygen atoms in total. The summed E-state index contributed by atoms with van der Waals surface area (Å²) in [4.78, 5) is 6.82. The van der Waals surface area contributed by atoms with Gasteiger partial charge >= 0.3 is 0 Å². The van der Waals surface area contributed by atoms with Gasteiger partial charge in [0.1, 0.15) is 5.75 Å². The van der Waals surface area contributed by atoms with Crippen LogP contribution in [0.2, 0.25) is 0 Å². The minimum Gasteiger partial charge on any atom is -0.495 e. The van der Waals surface area contributed by atoms with Gasteiger partial charge in [0.25, 0.3) is 5.89 Å². The topological polar surface area (TPSA) is 69.9 Å². The SMILES string of the molecule is COc1ccc(-c2nc([C@@H]3CCOC3)no2)cc1N1CCOCC1. The minimum atomic E-state index is 0.236. The highest BCUT2D eigenvalue weighted by atomic mass is 16.5. The third-order valence-electron chi connectivity index (χ3n) is 4.51. The van der Waals surface area contributed by atoms with E-state index < -0.39 is 0 Å². The first-order valence-corrected chi connectivity index (χ1v) is 8.27. The lowest BCUT2D eigenvalue weighted by molar-refractivity contribution is 0.122. The van der Waals surface area contributed by atoms with Gasteiger partial charge in [0.2, 0.25) is 0 Å². The highest BCUT2D eigenvalue weighted by molar-refractivity contribution is 5.68. The molecule has 4 rings (SSSR count). The maximum Gasteiger partial charge on any atom is 0.258 e. The van der Waals surface area contributed by atoms with Crippen molar-refractivity contribution in [3.8, 4) is 17.2 Å². The predicted octanol–water partition coefficient (Wildman–Crippen LogP) is 2.09. The monoisotopic (exact) mass is 331 g/mol. The van der Waals surface area contributed by atoms with Gasteiger partial charge in [-0.15, -0.1) is 0 Å². The maximum absolute atomic E-state index is 5.51. The van der Waals surface area contributed by atoms with Crippen LogP contribution in [-0.4, -0.2) is 56.8 Å². The number of hydrogen-bond donors (Lipinski definition) is 0. The first kappa shape index (κ1) is 15.4. The second-order valence-electron chi connectivity index (χ2n) is 6.00. The van der Waals surface area contributed by atoms with Crippen LogP contribution in [0.3, 0.4) is 0 Å². The Labute approximate surface area is 140 Å². The Hall–Kier alpha value is -2.12. The molecule has 0 unspecified atom stereocenters. The molecule has 1 aromatic heterocycles. The normalized spacial score (nSPS) is 21.2. The lowest BCUT2D eigenvalue weighted by atomic mass is 10.1. The molecule has 1 aromatic carbocycles. The molecular formula is C17H21N3O4. The van der Waals surface area contributed by atoms with Gasteiger partial charge in [-0.1, -0.05) is 5.16 Å². The van der Waals surface area contributed by atoms with Crippen LogP contribution in [0.15, 0.2) is 22.7 Å². The van der Waals surface area contributed by atoms with Gasteiger partial charge in [-0.3, -0.25) is 0 Å². The van der Waals surface area contributed by atoms with E-state index in [1.165, 1.54) is 0 Å². The van der Waals surface area contributed by atoms with Crippen molar-refractivity contribution in [3.05, 3.63) is 24.0 Å². The quantitative estimate of drug-likeness (QED) is 0.849. The number of ether oxygens (including phenoxy) is 3. The highest BCUT2D eigenvalue weighted by Crippen LogP contribution is 2.34. The van der Waals surface area contributed by atoms with Gasteiger partial charge in [0, 0.05) is 31.2 Å². The molecule has 0 spiro atoms. The largest absolute Gasteiger partial charge is 0.495 e. The van der Waals surface area contributed by atoms with Gasteiger partial charge in [-0.05, 0) is 24.6 Å². The zero-order valence-electron chi connectivity index (χ0n) is 13.7. The summed E-state index contributed by atoms with van der Waals surface area (Å²) in [6, 6.07) is 5.94. The summed E-state index contributed by atoms with van der Waals surface area (Å²) in [6.07, 6.45) is 0.945. The van der Waals surface area contributed by atoms with E-state index in [0.29, 0.717) is 12.5 Å². The standard InChI is InChI=1S/C17H21N3O4/c1-21-15-3-2-12(10-14(15)20-5-8-22-9-6-20)17-18-16(19-24-17)13-4-7-23-11-13/h2-3,10,13H,4-9,11H2,1H3/t13-/m1/s1. The van der Waals surface area contributed by atoms with Gasteiger partial charge in [0.15, 0.2) is 5.82 Å². The van der Waals surface area contributed by atoms with Crippen molar-refractivity contribution in [2.75, 3.05) is 51.5 Å². The Morgan fingerprint density at radius 3 is 2.79 bits per heavy atom. The van der Waals surface area contributed by atoms with Crippen molar-refractivity contribution in [2.24, 2.45) is 0 Å². The molecule has 0 saturated carbocycles. The van der Waals surface area contributed by atoms with E-state index in [4.69, 9.17) is 18.7 Å². The zero-order valence-corrected chi connectivity index (χ0v) is 13.7. The van der Waals surface area contributed by atoms with Crippen LogP contribution in [-0.2, 0) is 9.47 Å². The summed E-state index contributed by atoms with van der Waals surface area (Å²) in [5, 5.41) is 4.13. The average molecular weight is 331 g/mol. The third kappa shape index (κ3) is 2.97. The number of nitrogens with zero attached hydrogens (tertiary/aromatic N) is 3. The summed E-state index contributed by atoms with van der Waals surface area (Å²) >= 11 is 0. The van der Waals surface area contributed by atoms with Gasteiger partial charge in [0.05, 0.1) is 32.6 Å². The molecule has 2 aliphatic rings. The Kier molecular flexibility index (Phi) is 4.36. The van der Waals surface area contributed by atoms with Gasteiger partial charge < -0.3 is 23.6 Å². The van der Waals surface area contributed by atoms with Gasteiger partial charge in [-0.25, -0.2) is 0 Å². The fraction of sp³-hybridized carbons (Fsp3) is 0.529. The number of morpholine rings is 1. The molecule has 0 radical (unpaired) electrons. The number of methoxy groups -OCH3 is 1. The van der Waals surface area contributed by atoms with E-state index in [1.54, 1.807) is 7.11 Å². The van der Waals surface area contributed by atoms with Crippen LogP contribution in [0.1, 0.15) is 18.2 Å². The summed E-state index contributed by atoms with van der Waals surface area (Å²) < 4.78 is 21.8. The minimum absolute atomic E-state index is 0.236. The number of anilines is 1. The van der Waals surface area contributed by atoms with E-state index in [-0.39, 0.29) is 5.92 Å². The van der Waals surface area contributed by atoms with Gasteiger partial charge in [-0.2, -0.15) is 4.98 Å². The summed E-state index contributed by atoms with van der Waals surface area (Å²) in [5.74, 6) is 2.34. The Bertz CT molecular complexity index is 691. The Morgan fingerprint density at radius 2 is 2.04 bits per heavy atom. The maximum atomic E-state index is 5.51. The van der Waals surface area contributed by atoms with Crippen LogP contribution in [0, 0.1) is 0 Å². The highest BCUT2D eigenvalue weighted by Gasteiger charge is 2.24. The van der Waals surface area contributed by atoms with E-state index in [2.05, 4.69) is 15.0 Å². The van der Waals surface area contributed by atoms with E-state index in [9.17, 15) is 0 Å². The predicted molar refractivity (Wildman–Crippen MR) is 87.5 cm³/mol. The molecule has 1 atom stereocenters. The lowest BCUT2D eigenvalue weighted by Crippen LogP contribution is -2.36. The molecule has 0 amide bonds. The van der Waals surface area contributed by atoms with Crippen molar-refractivity contribution in [1.29, 1.82) is 0 Å². The molecule has 7 heteroatoms. The second-order valence-corrected chi connectivity index (χ2v) is 6.00.